The highest BCUT2D eigenvalue weighted by Crippen LogP contribution is 2.16. The SMILES string of the molecule is COC(=O)C(CC(=O)O)CC(C)C. The van der Waals surface area contributed by atoms with Gasteiger partial charge in [-0.1, -0.05) is 13.8 Å². The highest BCUT2D eigenvalue weighted by atomic mass is 16.5. The van der Waals surface area contributed by atoms with Crippen molar-refractivity contribution in [1.82, 2.24) is 0 Å². The summed E-state index contributed by atoms with van der Waals surface area (Å²) in [6.45, 7) is 3.88. The van der Waals surface area contributed by atoms with Crippen LogP contribution in [-0.2, 0) is 14.3 Å². The Hall–Kier alpha value is -1.06. The number of carboxylic acid groups (broad SMARTS) is 1. The van der Waals surface area contributed by atoms with Crippen LogP contribution in [0.5, 0.6) is 0 Å². The zero-order valence-corrected chi connectivity index (χ0v) is 8.24. The molecule has 76 valence electrons. The fourth-order valence-corrected chi connectivity index (χ4v) is 1.21. The maximum Gasteiger partial charge on any atom is 0.309 e. The molecule has 0 fully saturated rings. The van der Waals surface area contributed by atoms with Crippen LogP contribution in [0, 0.1) is 11.8 Å². The van der Waals surface area contributed by atoms with Crippen molar-refractivity contribution in [2.45, 2.75) is 26.7 Å². The third kappa shape index (κ3) is 5.22. The molecular formula is C9H16O4. The second-order valence-electron chi connectivity index (χ2n) is 3.45. The topological polar surface area (TPSA) is 63.6 Å². The van der Waals surface area contributed by atoms with Crippen LogP contribution in [0.2, 0.25) is 0 Å². The van der Waals surface area contributed by atoms with Crippen LogP contribution in [0.4, 0.5) is 0 Å². The minimum absolute atomic E-state index is 0.148. The number of methoxy groups -OCH3 is 1. The average molecular weight is 188 g/mol. The molecule has 4 nitrogen and oxygen atoms in total. The van der Waals surface area contributed by atoms with Crippen LogP contribution in [0.1, 0.15) is 26.7 Å². The summed E-state index contributed by atoms with van der Waals surface area (Å²) in [4.78, 5) is 21.5. The van der Waals surface area contributed by atoms with Crippen LogP contribution >= 0.6 is 0 Å². The highest BCUT2D eigenvalue weighted by molar-refractivity contribution is 5.78. The number of aliphatic carboxylic acids is 1. The normalized spacial score (nSPS) is 12.6. The predicted molar refractivity (Wildman–Crippen MR) is 47.2 cm³/mol. The number of ether oxygens (including phenoxy) is 1. The summed E-state index contributed by atoms with van der Waals surface area (Å²) in [5, 5.41) is 8.53. The van der Waals surface area contributed by atoms with Crippen molar-refractivity contribution in [3.8, 4) is 0 Å². The second kappa shape index (κ2) is 5.56. The zero-order valence-electron chi connectivity index (χ0n) is 8.24. The molecule has 0 aliphatic heterocycles. The van der Waals surface area contributed by atoms with Gasteiger partial charge in [0.15, 0.2) is 0 Å². The monoisotopic (exact) mass is 188 g/mol. The molecule has 0 radical (unpaired) electrons. The van der Waals surface area contributed by atoms with Crippen molar-refractivity contribution < 1.29 is 19.4 Å². The Labute approximate surface area is 77.9 Å². The number of hydrogen-bond donors (Lipinski definition) is 1. The minimum Gasteiger partial charge on any atom is -0.481 e. The van der Waals surface area contributed by atoms with Crippen molar-refractivity contribution in [1.29, 1.82) is 0 Å². The molecule has 0 heterocycles. The Morgan fingerprint density at radius 3 is 2.23 bits per heavy atom. The molecule has 0 aromatic rings. The molecule has 0 bridgehead atoms. The van der Waals surface area contributed by atoms with Gasteiger partial charge in [0.05, 0.1) is 19.4 Å². The van der Waals surface area contributed by atoms with E-state index >= 15 is 0 Å². The van der Waals surface area contributed by atoms with E-state index in [-0.39, 0.29) is 6.42 Å². The summed E-state index contributed by atoms with van der Waals surface area (Å²) in [6.07, 6.45) is 0.407. The number of carbonyl (C=O) groups is 2. The van der Waals surface area contributed by atoms with Crippen molar-refractivity contribution in [3.05, 3.63) is 0 Å². The van der Waals surface area contributed by atoms with Crippen LogP contribution in [-0.4, -0.2) is 24.2 Å². The molecule has 4 heteroatoms. The number of esters is 1. The highest BCUT2D eigenvalue weighted by Gasteiger charge is 2.23. The summed E-state index contributed by atoms with van der Waals surface area (Å²) in [5.41, 5.74) is 0. The third-order valence-corrected chi connectivity index (χ3v) is 1.71. The summed E-state index contributed by atoms with van der Waals surface area (Å²) < 4.78 is 4.51. The van der Waals surface area contributed by atoms with Gasteiger partial charge < -0.3 is 9.84 Å². The smallest absolute Gasteiger partial charge is 0.309 e. The van der Waals surface area contributed by atoms with Gasteiger partial charge in [-0.3, -0.25) is 9.59 Å². The molecule has 0 rings (SSSR count). The molecule has 13 heavy (non-hydrogen) atoms. The molecule has 0 amide bonds. The molecule has 0 spiro atoms. The van der Waals surface area contributed by atoms with Gasteiger partial charge in [-0.15, -0.1) is 0 Å². The van der Waals surface area contributed by atoms with Crippen LogP contribution in [0.3, 0.4) is 0 Å². The lowest BCUT2D eigenvalue weighted by Gasteiger charge is -2.14. The molecule has 1 atom stereocenters. The van der Waals surface area contributed by atoms with Gasteiger partial charge >= 0.3 is 11.9 Å². The maximum absolute atomic E-state index is 11.1. The molecular weight excluding hydrogens is 172 g/mol. The summed E-state index contributed by atoms with van der Waals surface area (Å²) in [5.74, 6) is -1.61. The van der Waals surface area contributed by atoms with E-state index in [2.05, 4.69) is 4.74 Å². The Bertz CT molecular complexity index is 186. The molecule has 0 aliphatic carbocycles. The minimum atomic E-state index is -0.962. The van der Waals surface area contributed by atoms with Gasteiger partial charge in [-0.05, 0) is 12.3 Å². The van der Waals surface area contributed by atoms with E-state index in [1.54, 1.807) is 0 Å². The number of carboxylic acids is 1. The second-order valence-corrected chi connectivity index (χ2v) is 3.45. The van der Waals surface area contributed by atoms with E-state index in [9.17, 15) is 9.59 Å². The van der Waals surface area contributed by atoms with Gasteiger partial charge in [-0.2, -0.15) is 0 Å². The van der Waals surface area contributed by atoms with Gasteiger partial charge in [0.25, 0.3) is 0 Å². The first-order valence-electron chi connectivity index (χ1n) is 4.27. The summed E-state index contributed by atoms with van der Waals surface area (Å²) in [6, 6.07) is 0. The lowest BCUT2D eigenvalue weighted by Crippen LogP contribution is -2.21. The standard InChI is InChI=1S/C9H16O4/c1-6(2)4-7(5-8(10)11)9(12)13-3/h6-7H,4-5H2,1-3H3,(H,10,11). The molecule has 0 aliphatic rings. The van der Waals surface area contributed by atoms with E-state index in [4.69, 9.17) is 5.11 Å². The number of rotatable bonds is 5. The van der Waals surface area contributed by atoms with Crippen LogP contribution in [0.15, 0.2) is 0 Å². The Morgan fingerprint density at radius 1 is 1.38 bits per heavy atom. The molecule has 1 N–H and O–H groups in total. The number of carbonyl (C=O) groups excluding carboxylic acids is 1. The molecule has 0 aromatic heterocycles. The van der Waals surface area contributed by atoms with E-state index in [1.807, 2.05) is 13.8 Å². The Kier molecular flexibility index (Phi) is 5.11. The lowest BCUT2D eigenvalue weighted by molar-refractivity contribution is -0.151. The van der Waals surface area contributed by atoms with Gasteiger partial charge in [0, 0.05) is 0 Å². The molecule has 0 saturated heterocycles. The van der Waals surface area contributed by atoms with Crippen molar-refractivity contribution >= 4 is 11.9 Å². The third-order valence-electron chi connectivity index (χ3n) is 1.71. The van der Waals surface area contributed by atoms with Gasteiger partial charge in [0.2, 0.25) is 0 Å². The van der Waals surface area contributed by atoms with Crippen LogP contribution in [0.25, 0.3) is 0 Å². The van der Waals surface area contributed by atoms with Gasteiger partial charge in [0.1, 0.15) is 0 Å². The zero-order chi connectivity index (χ0) is 10.4. The maximum atomic E-state index is 11.1. The Morgan fingerprint density at radius 2 is 1.92 bits per heavy atom. The van der Waals surface area contributed by atoms with E-state index in [1.165, 1.54) is 7.11 Å². The number of hydrogen-bond acceptors (Lipinski definition) is 3. The molecule has 0 saturated carbocycles. The molecule has 0 aromatic carbocycles. The predicted octanol–water partition coefficient (Wildman–Crippen LogP) is 1.30. The molecule has 1 unspecified atom stereocenters. The van der Waals surface area contributed by atoms with Crippen molar-refractivity contribution in [2.75, 3.05) is 7.11 Å². The average Bonchev–Trinajstić information content (AvgIpc) is 2.00. The van der Waals surface area contributed by atoms with E-state index in [0.717, 1.165) is 0 Å². The van der Waals surface area contributed by atoms with Crippen molar-refractivity contribution in [2.24, 2.45) is 11.8 Å². The lowest BCUT2D eigenvalue weighted by atomic mass is 9.94. The van der Waals surface area contributed by atoms with Crippen LogP contribution < -0.4 is 0 Å². The summed E-state index contributed by atoms with van der Waals surface area (Å²) >= 11 is 0. The van der Waals surface area contributed by atoms with Crippen molar-refractivity contribution in [3.63, 3.8) is 0 Å². The largest absolute Gasteiger partial charge is 0.481 e. The summed E-state index contributed by atoms with van der Waals surface area (Å²) in [7, 11) is 1.28. The first kappa shape index (κ1) is 11.9. The fraction of sp³-hybridized carbons (Fsp3) is 0.778. The Balaban J connectivity index is 4.18. The van der Waals surface area contributed by atoms with E-state index in [0.29, 0.717) is 12.3 Å². The first-order chi connectivity index (χ1) is 5.97. The van der Waals surface area contributed by atoms with E-state index < -0.39 is 17.9 Å². The van der Waals surface area contributed by atoms with Gasteiger partial charge in [-0.25, -0.2) is 0 Å². The quantitative estimate of drug-likeness (QED) is 0.660. The fourth-order valence-electron chi connectivity index (χ4n) is 1.21. The first-order valence-corrected chi connectivity index (χ1v) is 4.27.